The summed E-state index contributed by atoms with van der Waals surface area (Å²) >= 11 is 6.06. The first-order valence-electron chi connectivity index (χ1n) is 10.0. The summed E-state index contributed by atoms with van der Waals surface area (Å²) in [4.78, 5) is 29.3. The molecule has 2 fully saturated rings. The molecule has 6 nitrogen and oxygen atoms in total. The average molecular weight is 399 g/mol. The van der Waals surface area contributed by atoms with E-state index < -0.39 is 0 Å². The number of carbonyl (C=O) groups excluding carboxylic acids is 2. The molecule has 1 aromatic heterocycles. The topological polar surface area (TPSA) is 69.3 Å². The third-order valence-corrected chi connectivity index (χ3v) is 6.35. The Hall–Kier alpha value is -2.34. The molecule has 0 bridgehead atoms. The van der Waals surface area contributed by atoms with E-state index in [9.17, 15) is 9.59 Å². The Kier molecular flexibility index (Phi) is 4.38. The van der Waals surface area contributed by atoms with Crippen molar-refractivity contribution < 1.29 is 9.59 Å². The highest BCUT2D eigenvalue weighted by Crippen LogP contribution is 2.41. The highest BCUT2D eigenvalue weighted by molar-refractivity contribution is 6.31. The number of aromatic amines is 1. The fraction of sp³-hybridized carbons (Fsp3) is 0.476. The van der Waals surface area contributed by atoms with Gasteiger partial charge in [-0.25, -0.2) is 0 Å². The number of halogens is 1. The lowest BCUT2D eigenvalue weighted by Crippen LogP contribution is -2.39. The normalized spacial score (nSPS) is 22.3. The van der Waals surface area contributed by atoms with Gasteiger partial charge < -0.3 is 9.80 Å². The number of benzene rings is 1. The lowest BCUT2D eigenvalue weighted by Gasteiger charge is -2.24. The number of carbonyl (C=O) groups is 2. The Morgan fingerprint density at radius 3 is 2.82 bits per heavy atom. The predicted octanol–water partition coefficient (Wildman–Crippen LogP) is 2.92. The van der Waals surface area contributed by atoms with Gasteiger partial charge in [0.1, 0.15) is 0 Å². The molecule has 0 spiro atoms. The van der Waals surface area contributed by atoms with E-state index >= 15 is 0 Å². The molecule has 2 aromatic rings. The summed E-state index contributed by atoms with van der Waals surface area (Å²) < 4.78 is 0. The molecule has 0 radical (unpaired) electrons. The minimum absolute atomic E-state index is 0.0131. The number of nitrogens with one attached hydrogen (secondary N) is 1. The van der Waals surface area contributed by atoms with E-state index in [4.69, 9.17) is 11.6 Å². The van der Waals surface area contributed by atoms with Gasteiger partial charge >= 0.3 is 0 Å². The molecular weight excluding hydrogens is 376 g/mol. The maximum Gasteiger partial charge on any atom is 0.228 e. The van der Waals surface area contributed by atoms with Gasteiger partial charge in [-0.2, -0.15) is 5.10 Å². The van der Waals surface area contributed by atoms with Gasteiger partial charge in [0.25, 0.3) is 0 Å². The zero-order valence-electron chi connectivity index (χ0n) is 15.7. The molecule has 2 amide bonds. The quantitative estimate of drug-likeness (QED) is 0.864. The van der Waals surface area contributed by atoms with Crippen LogP contribution < -0.4 is 4.90 Å². The summed E-state index contributed by atoms with van der Waals surface area (Å²) in [6, 6.07) is 7.25. The van der Waals surface area contributed by atoms with Crippen molar-refractivity contribution in [2.45, 2.75) is 38.0 Å². The van der Waals surface area contributed by atoms with Crippen molar-refractivity contribution in [2.24, 2.45) is 5.92 Å². The minimum atomic E-state index is -0.288. The van der Waals surface area contributed by atoms with Crippen LogP contribution in [0.25, 0.3) is 0 Å². The zero-order valence-corrected chi connectivity index (χ0v) is 16.4. The molecule has 146 valence electrons. The highest BCUT2D eigenvalue weighted by atomic mass is 35.5. The standard InChI is InChI=1S/C21H23ClN4O2/c22-15-2-1-3-16(11-15)26-12-14(10-19(26)27)21(28)25-8-6-17-18(7-9-25)23-24-20(17)13-4-5-13/h1-3,11,13-14H,4-10,12H2,(H,23,24). The van der Waals surface area contributed by atoms with Crippen LogP contribution in [-0.4, -0.2) is 46.5 Å². The van der Waals surface area contributed by atoms with Crippen LogP contribution in [0.3, 0.4) is 0 Å². The fourth-order valence-electron chi connectivity index (χ4n) is 4.45. The van der Waals surface area contributed by atoms with Crippen molar-refractivity contribution in [1.29, 1.82) is 0 Å². The summed E-state index contributed by atoms with van der Waals surface area (Å²) in [5.41, 5.74) is 4.48. The third kappa shape index (κ3) is 3.20. The van der Waals surface area contributed by atoms with Gasteiger partial charge in [0.05, 0.1) is 11.6 Å². The van der Waals surface area contributed by atoms with E-state index in [2.05, 4.69) is 10.2 Å². The Bertz CT molecular complexity index is 936. The van der Waals surface area contributed by atoms with Crippen molar-refractivity contribution in [2.75, 3.05) is 24.5 Å². The second-order valence-corrected chi connectivity index (χ2v) is 8.49. The molecule has 1 aliphatic carbocycles. The summed E-state index contributed by atoms with van der Waals surface area (Å²) in [7, 11) is 0. The maximum atomic E-state index is 13.1. The van der Waals surface area contributed by atoms with E-state index in [-0.39, 0.29) is 24.2 Å². The largest absolute Gasteiger partial charge is 0.342 e. The third-order valence-electron chi connectivity index (χ3n) is 6.12. The number of rotatable bonds is 3. The van der Waals surface area contributed by atoms with Crippen LogP contribution in [0.15, 0.2) is 24.3 Å². The molecule has 2 aliphatic heterocycles. The maximum absolute atomic E-state index is 13.1. The summed E-state index contributed by atoms with van der Waals surface area (Å²) in [5.74, 6) is 0.398. The number of nitrogens with zero attached hydrogens (tertiary/aromatic N) is 3. The first kappa shape index (κ1) is 17.7. The van der Waals surface area contributed by atoms with Gasteiger partial charge in [0.15, 0.2) is 0 Å². The monoisotopic (exact) mass is 398 g/mol. The smallest absolute Gasteiger partial charge is 0.228 e. The van der Waals surface area contributed by atoms with Crippen molar-refractivity contribution in [3.05, 3.63) is 46.2 Å². The number of aromatic nitrogens is 2. The molecule has 1 unspecified atom stereocenters. The number of H-pyrrole nitrogens is 1. The lowest BCUT2D eigenvalue weighted by molar-refractivity contribution is -0.135. The average Bonchev–Trinajstić information content (AvgIpc) is 3.40. The van der Waals surface area contributed by atoms with Crippen molar-refractivity contribution in [3.63, 3.8) is 0 Å². The predicted molar refractivity (Wildman–Crippen MR) is 106 cm³/mol. The second kappa shape index (κ2) is 6.92. The Labute approximate surface area is 168 Å². The van der Waals surface area contributed by atoms with Gasteiger partial charge in [-0.15, -0.1) is 0 Å². The lowest BCUT2D eigenvalue weighted by atomic mass is 10.1. The van der Waals surface area contributed by atoms with Crippen molar-refractivity contribution in [3.8, 4) is 0 Å². The molecule has 1 atom stereocenters. The van der Waals surface area contributed by atoms with Gasteiger partial charge in [-0.05, 0) is 43.0 Å². The SMILES string of the molecule is O=C(C1CC(=O)N(c2cccc(Cl)c2)C1)N1CCc2[nH]nc(C3CC3)c2CC1. The molecule has 1 saturated heterocycles. The van der Waals surface area contributed by atoms with Crippen LogP contribution >= 0.6 is 11.6 Å². The molecule has 1 saturated carbocycles. The Balaban J connectivity index is 1.27. The van der Waals surface area contributed by atoms with Crippen LogP contribution in [0, 0.1) is 5.92 Å². The van der Waals surface area contributed by atoms with Crippen LogP contribution in [0.2, 0.25) is 5.02 Å². The second-order valence-electron chi connectivity index (χ2n) is 8.05. The molecule has 3 heterocycles. The van der Waals surface area contributed by atoms with Crippen LogP contribution in [0.5, 0.6) is 0 Å². The molecule has 1 N–H and O–H groups in total. The van der Waals surface area contributed by atoms with E-state index in [0.29, 0.717) is 30.6 Å². The summed E-state index contributed by atoms with van der Waals surface area (Å²) in [5, 5.41) is 8.30. The van der Waals surface area contributed by atoms with E-state index in [0.717, 1.165) is 18.5 Å². The highest BCUT2D eigenvalue weighted by Gasteiger charge is 2.38. The number of hydrogen-bond donors (Lipinski definition) is 1. The summed E-state index contributed by atoms with van der Waals surface area (Å²) in [6.45, 7) is 1.81. The molecule has 5 rings (SSSR count). The first-order chi connectivity index (χ1) is 13.6. The molecular formula is C21H23ClN4O2. The summed E-state index contributed by atoms with van der Waals surface area (Å²) in [6.07, 6.45) is 4.37. The molecule has 28 heavy (non-hydrogen) atoms. The number of amides is 2. The van der Waals surface area contributed by atoms with E-state index in [1.807, 2.05) is 17.0 Å². The van der Waals surface area contributed by atoms with Crippen LogP contribution in [-0.2, 0) is 22.4 Å². The van der Waals surface area contributed by atoms with Gasteiger partial charge in [0.2, 0.25) is 11.8 Å². The van der Waals surface area contributed by atoms with Gasteiger partial charge in [-0.3, -0.25) is 14.7 Å². The molecule has 7 heteroatoms. The fourth-order valence-corrected chi connectivity index (χ4v) is 4.63. The van der Waals surface area contributed by atoms with Gasteiger partial charge in [-0.1, -0.05) is 17.7 Å². The minimum Gasteiger partial charge on any atom is -0.342 e. The first-order valence-corrected chi connectivity index (χ1v) is 10.4. The molecule has 3 aliphatic rings. The number of hydrogen-bond acceptors (Lipinski definition) is 3. The van der Waals surface area contributed by atoms with Crippen molar-refractivity contribution >= 4 is 29.1 Å². The van der Waals surface area contributed by atoms with E-state index in [1.165, 1.54) is 29.8 Å². The van der Waals surface area contributed by atoms with Gasteiger partial charge in [0, 0.05) is 54.8 Å². The van der Waals surface area contributed by atoms with E-state index in [1.54, 1.807) is 17.0 Å². The molecule has 1 aromatic carbocycles. The number of fused-ring (bicyclic) bond motifs is 1. The van der Waals surface area contributed by atoms with Crippen LogP contribution in [0.1, 0.15) is 42.1 Å². The van der Waals surface area contributed by atoms with Crippen LogP contribution in [0.4, 0.5) is 5.69 Å². The zero-order chi connectivity index (χ0) is 19.3. The van der Waals surface area contributed by atoms with Crippen molar-refractivity contribution in [1.82, 2.24) is 15.1 Å². The number of anilines is 1. The Morgan fingerprint density at radius 2 is 2.04 bits per heavy atom. The Morgan fingerprint density at radius 1 is 1.21 bits per heavy atom.